The maximum atomic E-state index is 12.9. The summed E-state index contributed by atoms with van der Waals surface area (Å²) >= 11 is 1.35. The van der Waals surface area contributed by atoms with Gasteiger partial charge in [0.15, 0.2) is 0 Å². The molecular weight excluding hydrogens is 442 g/mol. The van der Waals surface area contributed by atoms with E-state index in [0.29, 0.717) is 42.7 Å². The molecule has 10 nitrogen and oxygen atoms in total. The van der Waals surface area contributed by atoms with Gasteiger partial charge in [0.1, 0.15) is 11.3 Å². The maximum Gasteiger partial charge on any atom is 0.410 e. The van der Waals surface area contributed by atoms with Crippen molar-refractivity contribution in [3.63, 3.8) is 0 Å². The van der Waals surface area contributed by atoms with E-state index in [4.69, 9.17) is 4.74 Å². The predicted octanol–water partition coefficient (Wildman–Crippen LogP) is 3.34. The highest BCUT2D eigenvalue weighted by Crippen LogP contribution is 2.27. The largest absolute Gasteiger partial charge is 0.444 e. The lowest BCUT2D eigenvalue weighted by molar-refractivity contribution is 0.0240. The molecule has 2 amide bonds. The molecule has 1 fully saturated rings. The van der Waals surface area contributed by atoms with Gasteiger partial charge in [0.25, 0.3) is 5.91 Å². The highest BCUT2D eigenvalue weighted by atomic mass is 32.1. The molecule has 1 aliphatic rings. The smallest absolute Gasteiger partial charge is 0.410 e. The van der Waals surface area contributed by atoms with Crippen molar-refractivity contribution in [2.24, 2.45) is 0 Å². The number of amides is 2. The normalized spacial score (nSPS) is 14.3. The van der Waals surface area contributed by atoms with Crippen molar-refractivity contribution >= 4 is 34.7 Å². The molecule has 3 aromatic rings. The van der Waals surface area contributed by atoms with Crippen LogP contribution in [0.5, 0.6) is 0 Å². The molecule has 11 heteroatoms. The highest BCUT2D eigenvalue weighted by Gasteiger charge is 2.27. The first-order valence-corrected chi connectivity index (χ1v) is 11.5. The van der Waals surface area contributed by atoms with Crippen molar-refractivity contribution in [1.29, 1.82) is 0 Å². The Morgan fingerprint density at radius 3 is 2.58 bits per heavy atom. The number of rotatable bonds is 4. The molecule has 0 aromatic carbocycles. The maximum absolute atomic E-state index is 12.9. The van der Waals surface area contributed by atoms with Crippen LogP contribution in [0.3, 0.4) is 0 Å². The van der Waals surface area contributed by atoms with Crippen LogP contribution in [-0.4, -0.2) is 68.4 Å². The fraction of sp³-hybridized carbons (Fsp3) is 0.409. The van der Waals surface area contributed by atoms with Gasteiger partial charge in [-0.05, 0) is 39.3 Å². The van der Waals surface area contributed by atoms with Gasteiger partial charge in [-0.2, -0.15) is 5.10 Å². The van der Waals surface area contributed by atoms with Gasteiger partial charge >= 0.3 is 6.09 Å². The number of carbonyl (C=O) groups excluding carboxylic acids is 2. The minimum atomic E-state index is -0.525. The number of nitrogens with one attached hydrogen (secondary N) is 1. The number of carbonyl (C=O) groups is 2. The van der Waals surface area contributed by atoms with E-state index in [2.05, 4.69) is 25.3 Å². The van der Waals surface area contributed by atoms with Gasteiger partial charge in [0, 0.05) is 44.0 Å². The number of thiazole rings is 1. The average Bonchev–Trinajstić information content (AvgIpc) is 3.42. The summed E-state index contributed by atoms with van der Waals surface area (Å²) in [5.41, 5.74) is 2.25. The van der Waals surface area contributed by atoms with E-state index in [1.54, 1.807) is 33.6 Å². The number of hydrogen-bond acceptors (Lipinski definition) is 8. The monoisotopic (exact) mass is 469 g/mol. The van der Waals surface area contributed by atoms with Crippen molar-refractivity contribution in [1.82, 2.24) is 24.6 Å². The van der Waals surface area contributed by atoms with Gasteiger partial charge in [-0.1, -0.05) is 0 Å². The van der Waals surface area contributed by atoms with Crippen LogP contribution in [0.1, 0.15) is 36.8 Å². The molecular formula is C22H27N7O3S. The molecule has 3 aromatic heterocycles. The zero-order chi connectivity index (χ0) is 23.6. The van der Waals surface area contributed by atoms with Crippen molar-refractivity contribution in [2.75, 3.05) is 36.4 Å². The summed E-state index contributed by atoms with van der Waals surface area (Å²) < 4.78 is 7.12. The zero-order valence-corrected chi connectivity index (χ0v) is 19.9. The van der Waals surface area contributed by atoms with Gasteiger partial charge in [-0.15, -0.1) is 11.3 Å². The molecule has 1 saturated heterocycles. The van der Waals surface area contributed by atoms with E-state index in [9.17, 15) is 9.59 Å². The second kappa shape index (κ2) is 9.18. The summed E-state index contributed by atoms with van der Waals surface area (Å²) in [6, 6.07) is 1.86. The van der Waals surface area contributed by atoms with Crippen molar-refractivity contribution < 1.29 is 14.3 Å². The van der Waals surface area contributed by atoms with Crippen molar-refractivity contribution in [3.8, 4) is 5.13 Å². The van der Waals surface area contributed by atoms with E-state index < -0.39 is 5.60 Å². The lowest BCUT2D eigenvalue weighted by Gasteiger charge is -2.37. The van der Waals surface area contributed by atoms with Crippen LogP contribution in [0, 0.1) is 6.92 Å². The Bertz CT molecular complexity index is 1140. The molecule has 33 heavy (non-hydrogen) atoms. The molecule has 4 heterocycles. The number of nitrogens with zero attached hydrogens (tertiary/aromatic N) is 6. The summed E-state index contributed by atoms with van der Waals surface area (Å²) in [7, 11) is 0. The van der Waals surface area contributed by atoms with E-state index in [1.807, 2.05) is 40.0 Å². The van der Waals surface area contributed by atoms with Crippen LogP contribution in [0.15, 0.2) is 36.2 Å². The molecule has 0 saturated carbocycles. The standard InChI is InChI=1S/C22H27N7O3S/c1-15-11-24-29(13-15)20-26-17(14-33-20)19(30)25-16-12-23-6-5-18(16)27-7-9-28(10-8-27)21(31)32-22(2,3)4/h5-6,11-14H,7-10H2,1-4H3,(H,25,30). The van der Waals surface area contributed by atoms with Crippen molar-refractivity contribution in [3.05, 3.63) is 47.5 Å². The third-order valence-corrected chi connectivity index (χ3v) is 5.78. The molecule has 1 aliphatic heterocycles. The lowest BCUT2D eigenvalue weighted by atomic mass is 10.2. The first-order valence-electron chi connectivity index (χ1n) is 10.6. The highest BCUT2D eigenvalue weighted by molar-refractivity contribution is 7.12. The van der Waals surface area contributed by atoms with E-state index in [0.717, 1.165) is 11.3 Å². The van der Waals surface area contributed by atoms with Crippen LogP contribution < -0.4 is 10.2 Å². The summed E-state index contributed by atoms with van der Waals surface area (Å²) in [4.78, 5) is 37.6. The third kappa shape index (κ3) is 5.48. The Labute approximate surface area is 196 Å². The Balaban J connectivity index is 1.42. The summed E-state index contributed by atoms with van der Waals surface area (Å²) in [6.07, 6.45) is 6.60. The second-order valence-corrected chi connectivity index (χ2v) is 9.62. The van der Waals surface area contributed by atoms with Gasteiger partial charge in [0.2, 0.25) is 5.13 Å². The quantitative estimate of drug-likeness (QED) is 0.625. The molecule has 1 N–H and O–H groups in total. The zero-order valence-electron chi connectivity index (χ0n) is 19.1. The number of hydrogen-bond donors (Lipinski definition) is 1. The van der Waals surface area contributed by atoms with Crippen LogP contribution >= 0.6 is 11.3 Å². The van der Waals surface area contributed by atoms with Gasteiger partial charge in [-0.25, -0.2) is 14.5 Å². The number of anilines is 2. The van der Waals surface area contributed by atoms with Gasteiger partial charge in [-0.3, -0.25) is 9.78 Å². The summed E-state index contributed by atoms with van der Waals surface area (Å²) in [5.74, 6) is -0.317. The predicted molar refractivity (Wildman–Crippen MR) is 126 cm³/mol. The van der Waals surface area contributed by atoms with Crippen molar-refractivity contribution in [2.45, 2.75) is 33.3 Å². The Kier molecular flexibility index (Phi) is 6.32. The van der Waals surface area contributed by atoms with E-state index in [1.165, 1.54) is 11.3 Å². The molecule has 4 rings (SSSR count). The fourth-order valence-corrected chi connectivity index (χ4v) is 4.13. The Hall–Kier alpha value is -3.47. The minimum Gasteiger partial charge on any atom is -0.444 e. The summed E-state index contributed by atoms with van der Waals surface area (Å²) in [6.45, 7) is 9.81. The number of ether oxygens (including phenoxy) is 1. The molecule has 0 bridgehead atoms. The van der Waals surface area contributed by atoms with Gasteiger partial charge in [0.05, 0.1) is 23.8 Å². The van der Waals surface area contributed by atoms with Crippen LogP contribution in [0.25, 0.3) is 5.13 Å². The molecule has 174 valence electrons. The topological polar surface area (TPSA) is 105 Å². The minimum absolute atomic E-state index is 0.308. The molecule has 0 spiro atoms. The second-order valence-electron chi connectivity index (χ2n) is 8.78. The molecule has 0 aliphatic carbocycles. The number of piperazine rings is 1. The number of pyridine rings is 1. The average molecular weight is 470 g/mol. The number of aromatic nitrogens is 4. The summed E-state index contributed by atoms with van der Waals surface area (Å²) in [5, 5.41) is 9.49. The lowest BCUT2D eigenvalue weighted by Crippen LogP contribution is -2.50. The van der Waals surface area contributed by atoms with Crippen LogP contribution in [0.4, 0.5) is 16.2 Å². The Morgan fingerprint density at radius 2 is 1.91 bits per heavy atom. The number of aryl methyl sites for hydroxylation is 1. The first kappa shape index (κ1) is 22.7. The molecule has 0 atom stereocenters. The van der Waals surface area contributed by atoms with Gasteiger partial charge < -0.3 is 19.9 Å². The third-order valence-electron chi connectivity index (χ3n) is 4.95. The molecule has 0 radical (unpaired) electrons. The first-order chi connectivity index (χ1) is 15.7. The molecule has 0 unspecified atom stereocenters. The van der Waals surface area contributed by atoms with Crippen LogP contribution in [-0.2, 0) is 4.74 Å². The SMILES string of the molecule is Cc1cnn(-c2nc(C(=O)Nc3cnccc3N3CCN(C(=O)OC(C)(C)C)CC3)cs2)c1. The fourth-order valence-electron chi connectivity index (χ4n) is 3.39. The van der Waals surface area contributed by atoms with Crippen LogP contribution in [0.2, 0.25) is 0 Å². The Morgan fingerprint density at radius 1 is 1.15 bits per heavy atom. The van der Waals surface area contributed by atoms with E-state index in [-0.39, 0.29) is 12.0 Å². The van der Waals surface area contributed by atoms with E-state index >= 15 is 0 Å².